The molecule has 0 bridgehead atoms. The van der Waals surface area contributed by atoms with Crippen molar-refractivity contribution in [2.75, 3.05) is 6.61 Å². The van der Waals surface area contributed by atoms with Gasteiger partial charge in [-0.15, -0.1) is 0 Å². The number of halogens is 1. The summed E-state index contributed by atoms with van der Waals surface area (Å²) >= 11 is 0. The number of ether oxygens (including phenoxy) is 1. The molecule has 0 radical (unpaired) electrons. The molecule has 0 amide bonds. The van der Waals surface area contributed by atoms with Gasteiger partial charge in [0.15, 0.2) is 0 Å². The first kappa shape index (κ1) is 9.99. The molecule has 1 atom stereocenters. The summed E-state index contributed by atoms with van der Waals surface area (Å²) in [5.41, 5.74) is 0. The van der Waals surface area contributed by atoms with Gasteiger partial charge < -0.3 is 4.74 Å². The monoisotopic (exact) mass is 230 g/mol. The summed E-state index contributed by atoms with van der Waals surface area (Å²) in [6, 6.07) is 7.12. The van der Waals surface area contributed by atoms with Crippen molar-refractivity contribution in [2.24, 2.45) is 5.92 Å². The molecule has 1 aliphatic carbocycles. The molecule has 76 valence electrons. The van der Waals surface area contributed by atoms with Crippen molar-refractivity contribution in [1.82, 2.24) is 0 Å². The summed E-state index contributed by atoms with van der Waals surface area (Å²) in [5.74, 6) is 1.48. The van der Waals surface area contributed by atoms with Gasteiger partial charge in [0, 0.05) is 0 Å². The number of rotatable bonds is 4. The van der Waals surface area contributed by atoms with Gasteiger partial charge in [-0.25, -0.2) is 4.21 Å². The first-order valence-electron chi connectivity index (χ1n) is 4.56. The highest BCUT2D eigenvalue weighted by Crippen LogP contribution is 2.29. The first-order chi connectivity index (χ1) is 6.75. The molecule has 0 saturated heterocycles. The van der Waals surface area contributed by atoms with Crippen LogP contribution in [0.15, 0.2) is 29.2 Å². The fraction of sp³-hybridized carbons (Fsp3) is 0.400. The highest BCUT2D eigenvalue weighted by molar-refractivity contribution is 8.08. The van der Waals surface area contributed by atoms with E-state index in [-0.39, 0.29) is 0 Å². The molecule has 0 N–H and O–H groups in total. The normalized spacial score (nSPS) is 17.8. The van der Waals surface area contributed by atoms with Gasteiger partial charge in [-0.3, -0.25) is 0 Å². The van der Waals surface area contributed by atoms with E-state index < -0.39 is 10.0 Å². The third kappa shape index (κ3) is 2.72. The van der Waals surface area contributed by atoms with Crippen molar-refractivity contribution < 1.29 is 8.95 Å². The molecule has 0 heterocycles. The van der Waals surface area contributed by atoms with E-state index in [9.17, 15) is 4.21 Å². The van der Waals surface area contributed by atoms with Gasteiger partial charge in [0.1, 0.15) is 15.8 Å². The van der Waals surface area contributed by atoms with E-state index in [4.69, 9.17) is 15.4 Å². The Morgan fingerprint density at radius 1 is 1.50 bits per heavy atom. The molecule has 1 aromatic carbocycles. The van der Waals surface area contributed by atoms with Crippen molar-refractivity contribution >= 4 is 20.7 Å². The molecule has 2 nitrogen and oxygen atoms in total. The lowest BCUT2D eigenvalue weighted by Gasteiger charge is -2.05. The molecular formula is C10H11ClO2S. The van der Waals surface area contributed by atoms with E-state index >= 15 is 0 Å². The minimum absolute atomic E-state index is 0.597. The SMILES string of the molecule is O=S(Cl)c1cccc(OCC2CC2)c1. The Morgan fingerprint density at radius 2 is 2.29 bits per heavy atom. The second-order valence-corrected chi connectivity index (χ2v) is 5.21. The molecule has 1 saturated carbocycles. The third-order valence-electron chi connectivity index (χ3n) is 2.17. The predicted molar refractivity (Wildman–Crippen MR) is 56.9 cm³/mol. The van der Waals surface area contributed by atoms with E-state index in [2.05, 4.69) is 0 Å². The number of hydrogen-bond acceptors (Lipinski definition) is 2. The van der Waals surface area contributed by atoms with Gasteiger partial charge in [0.05, 0.1) is 11.5 Å². The van der Waals surface area contributed by atoms with Crippen molar-refractivity contribution in [3.8, 4) is 5.75 Å². The molecule has 1 aromatic rings. The zero-order valence-corrected chi connectivity index (χ0v) is 9.18. The van der Waals surface area contributed by atoms with Crippen molar-refractivity contribution in [1.29, 1.82) is 0 Å². The van der Waals surface area contributed by atoms with Gasteiger partial charge >= 0.3 is 0 Å². The molecule has 1 fully saturated rings. The maximum absolute atomic E-state index is 11.0. The van der Waals surface area contributed by atoms with Crippen LogP contribution in [0.2, 0.25) is 0 Å². The Kier molecular flexibility index (Phi) is 3.08. The number of benzene rings is 1. The molecule has 0 aliphatic heterocycles. The molecular weight excluding hydrogens is 220 g/mol. The van der Waals surface area contributed by atoms with Crippen LogP contribution in [-0.2, 0) is 10.0 Å². The molecule has 0 aromatic heterocycles. The predicted octanol–water partition coefficient (Wildman–Crippen LogP) is 2.74. The molecule has 2 rings (SSSR count). The molecule has 14 heavy (non-hydrogen) atoms. The van der Waals surface area contributed by atoms with E-state index in [0.29, 0.717) is 4.90 Å². The smallest absolute Gasteiger partial charge is 0.147 e. The Labute approximate surface area is 90.2 Å². The zero-order chi connectivity index (χ0) is 9.97. The van der Waals surface area contributed by atoms with Crippen molar-refractivity contribution in [3.05, 3.63) is 24.3 Å². The summed E-state index contributed by atoms with van der Waals surface area (Å²) in [4.78, 5) is 0.597. The van der Waals surface area contributed by atoms with Gasteiger partial charge in [-0.2, -0.15) is 0 Å². The highest BCUT2D eigenvalue weighted by Gasteiger charge is 2.21. The second-order valence-electron chi connectivity index (χ2n) is 3.45. The first-order valence-corrected chi connectivity index (χ1v) is 6.54. The zero-order valence-electron chi connectivity index (χ0n) is 7.61. The van der Waals surface area contributed by atoms with Gasteiger partial charge in [-0.05, 0) is 47.6 Å². The average Bonchev–Trinajstić information content (AvgIpc) is 2.99. The summed E-state index contributed by atoms with van der Waals surface area (Å²) in [6.45, 7) is 0.762. The highest BCUT2D eigenvalue weighted by atomic mass is 35.7. The van der Waals surface area contributed by atoms with Gasteiger partial charge in [0.2, 0.25) is 0 Å². The van der Waals surface area contributed by atoms with E-state index in [1.807, 2.05) is 6.07 Å². The van der Waals surface area contributed by atoms with E-state index in [0.717, 1.165) is 18.3 Å². The standard InChI is InChI=1S/C10H11ClO2S/c11-14(12)10-3-1-2-9(6-10)13-7-8-4-5-8/h1-3,6,8H,4-5,7H2. The summed E-state index contributed by atoms with van der Waals surface area (Å²) in [5, 5.41) is 0. The minimum atomic E-state index is -1.45. The van der Waals surface area contributed by atoms with Crippen LogP contribution in [0.5, 0.6) is 5.75 Å². The lowest BCUT2D eigenvalue weighted by molar-refractivity contribution is 0.299. The maximum atomic E-state index is 11.0. The average molecular weight is 231 g/mol. The quantitative estimate of drug-likeness (QED) is 0.744. The fourth-order valence-electron chi connectivity index (χ4n) is 1.16. The van der Waals surface area contributed by atoms with Gasteiger partial charge in [0.25, 0.3) is 0 Å². The van der Waals surface area contributed by atoms with Crippen LogP contribution in [0.4, 0.5) is 0 Å². The lowest BCUT2D eigenvalue weighted by Crippen LogP contribution is -1.99. The van der Waals surface area contributed by atoms with Crippen LogP contribution in [0.1, 0.15) is 12.8 Å². The van der Waals surface area contributed by atoms with Crippen LogP contribution in [0, 0.1) is 5.92 Å². The minimum Gasteiger partial charge on any atom is -0.493 e. The van der Waals surface area contributed by atoms with Crippen LogP contribution < -0.4 is 4.74 Å². The van der Waals surface area contributed by atoms with Crippen LogP contribution in [0.3, 0.4) is 0 Å². The Morgan fingerprint density at radius 3 is 2.93 bits per heavy atom. The third-order valence-corrected chi connectivity index (χ3v) is 3.33. The Balaban J connectivity index is 2.01. The molecule has 0 spiro atoms. The van der Waals surface area contributed by atoms with E-state index in [1.54, 1.807) is 18.2 Å². The van der Waals surface area contributed by atoms with Crippen molar-refractivity contribution in [2.45, 2.75) is 17.7 Å². The Bertz CT molecular complexity index is 350. The van der Waals surface area contributed by atoms with Crippen LogP contribution in [-0.4, -0.2) is 10.8 Å². The lowest BCUT2D eigenvalue weighted by atomic mass is 10.3. The fourth-order valence-corrected chi connectivity index (χ4v) is 1.84. The van der Waals surface area contributed by atoms with E-state index in [1.165, 1.54) is 12.8 Å². The maximum Gasteiger partial charge on any atom is 0.147 e. The molecule has 4 heteroatoms. The summed E-state index contributed by atoms with van der Waals surface area (Å²) in [6.07, 6.45) is 2.53. The molecule has 1 aliphatic rings. The summed E-state index contributed by atoms with van der Waals surface area (Å²) < 4.78 is 16.5. The van der Waals surface area contributed by atoms with Crippen LogP contribution in [0.25, 0.3) is 0 Å². The van der Waals surface area contributed by atoms with Crippen LogP contribution >= 0.6 is 10.7 Å². The second kappa shape index (κ2) is 4.32. The van der Waals surface area contributed by atoms with Crippen molar-refractivity contribution in [3.63, 3.8) is 0 Å². The summed E-state index contributed by atoms with van der Waals surface area (Å²) in [7, 11) is 4.02. The number of hydrogen-bond donors (Lipinski definition) is 0. The van der Waals surface area contributed by atoms with Gasteiger partial charge in [-0.1, -0.05) is 6.07 Å². The topological polar surface area (TPSA) is 26.3 Å². The Hall–Kier alpha value is -0.540. The largest absolute Gasteiger partial charge is 0.493 e. The molecule has 1 unspecified atom stereocenters.